The maximum atomic E-state index is 4.61. The molecule has 2 aromatic rings. The van der Waals surface area contributed by atoms with E-state index in [1.54, 1.807) is 0 Å². The van der Waals surface area contributed by atoms with Crippen LogP contribution in [0.4, 0.5) is 0 Å². The summed E-state index contributed by atoms with van der Waals surface area (Å²) >= 11 is 3.51. The van der Waals surface area contributed by atoms with Gasteiger partial charge in [-0.3, -0.25) is 0 Å². The summed E-state index contributed by atoms with van der Waals surface area (Å²) in [6.07, 6.45) is 8.10. The molecule has 1 fully saturated rings. The topological polar surface area (TPSA) is 17.3 Å². The predicted octanol–water partition coefficient (Wildman–Crippen LogP) is 3.05. The molecule has 2 aromatic heterocycles. The van der Waals surface area contributed by atoms with Gasteiger partial charge in [-0.15, -0.1) is 0 Å². The standard InChI is InChI=1S/C11H11BrN2/c12-10-2-1-5-14-7-9(13-11(10)14)6-8-3-4-8/h1-2,5,7-8H,3-4,6H2. The van der Waals surface area contributed by atoms with Crippen LogP contribution in [0, 0.1) is 5.92 Å². The van der Waals surface area contributed by atoms with Crippen LogP contribution in [-0.4, -0.2) is 9.38 Å². The van der Waals surface area contributed by atoms with Crippen molar-refractivity contribution in [3.63, 3.8) is 0 Å². The lowest BCUT2D eigenvalue weighted by Crippen LogP contribution is -1.85. The van der Waals surface area contributed by atoms with Gasteiger partial charge in [0.05, 0.1) is 10.2 Å². The molecule has 0 aliphatic heterocycles. The number of fused-ring (bicyclic) bond motifs is 1. The molecular weight excluding hydrogens is 240 g/mol. The number of hydrogen-bond acceptors (Lipinski definition) is 1. The molecule has 14 heavy (non-hydrogen) atoms. The second-order valence-electron chi connectivity index (χ2n) is 3.97. The molecule has 2 heterocycles. The third kappa shape index (κ3) is 1.46. The van der Waals surface area contributed by atoms with E-state index in [0.717, 1.165) is 22.5 Å². The second-order valence-corrected chi connectivity index (χ2v) is 4.82. The Hall–Kier alpha value is -0.830. The predicted molar refractivity (Wildman–Crippen MR) is 59.3 cm³/mol. The fourth-order valence-electron chi connectivity index (χ4n) is 1.75. The number of imidazole rings is 1. The van der Waals surface area contributed by atoms with Crippen LogP contribution in [-0.2, 0) is 6.42 Å². The molecule has 0 aromatic carbocycles. The minimum atomic E-state index is 0.902. The maximum Gasteiger partial charge on any atom is 0.151 e. The Kier molecular flexibility index (Phi) is 1.87. The summed E-state index contributed by atoms with van der Waals surface area (Å²) < 4.78 is 3.16. The monoisotopic (exact) mass is 250 g/mol. The normalized spacial score (nSPS) is 16.4. The van der Waals surface area contributed by atoms with E-state index in [2.05, 4.69) is 31.5 Å². The van der Waals surface area contributed by atoms with Crippen LogP contribution in [0.25, 0.3) is 5.65 Å². The van der Waals surface area contributed by atoms with Gasteiger partial charge < -0.3 is 4.40 Å². The highest BCUT2D eigenvalue weighted by Gasteiger charge is 2.22. The maximum absolute atomic E-state index is 4.61. The largest absolute Gasteiger partial charge is 0.306 e. The summed E-state index contributed by atoms with van der Waals surface area (Å²) in [5, 5.41) is 0. The number of aromatic nitrogens is 2. The van der Waals surface area contributed by atoms with E-state index in [-0.39, 0.29) is 0 Å². The molecule has 3 heteroatoms. The number of halogens is 1. The Morgan fingerprint density at radius 1 is 1.50 bits per heavy atom. The summed E-state index contributed by atoms with van der Waals surface area (Å²) in [5.41, 5.74) is 2.25. The van der Waals surface area contributed by atoms with Crippen LogP contribution in [0.2, 0.25) is 0 Å². The number of rotatable bonds is 2. The zero-order valence-corrected chi connectivity index (χ0v) is 9.37. The molecule has 0 atom stereocenters. The average molecular weight is 251 g/mol. The van der Waals surface area contributed by atoms with Gasteiger partial charge in [0.2, 0.25) is 0 Å². The van der Waals surface area contributed by atoms with Gasteiger partial charge in [-0.25, -0.2) is 4.98 Å². The average Bonchev–Trinajstić information content (AvgIpc) is 2.84. The molecule has 0 N–H and O–H groups in total. The zero-order chi connectivity index (χ0) is 9.54. The van der Waals surface area contributed by atoms with Gasteiger partial charge in [-0.05, 0) is 53.2 Å². The fourth-order valence-corrected chi connectivity index (χ4v) is 2.19. The molecule has 0 unspecified atom stereocenters. The molecule has 0 bridgehead atoms. The summed E-state index contributed by atoms with van der Waals surface area (Å²) in [6.45, 7) is 0. The quantitative estimate of drug-likeness (QED) is 0.801. The molecule has 3 rings (SSSR count). The molecule has 0 amide bonds. The van der Waals surface area contributed by atoms with Gasteiger partial charge in [0.15, 0.2) is 5.65 Å². The Bertz CT molecular complexity index is 471. The highest BCUT2D eigenvalue weighted by molar-refractivity contribution is 9.10. The summed E-state index contributed by atoms with van der Waals surface area (Å²) in [7, 11) is 0. The minimum Gasteiger partial charge on any atom is -0.306 e. The number of nitrogens with zero attached hydrogens (tertiary/aromatic N) is 2. The summed E-state index contributed by atoms with van der Waals surface area (Å²) in [4.78, 5) is 4.61. The molecule has 1 aliphatic rings. The lowest BCUT2D eigenvalue weighted by atomic mass is 10.2. The van der Waals surface area contributed by atoms with Gasteiger partial charge >= 0.3 is 0 Å². The Balaban J connectivity index is 2.05. The third-order valence-corrected chi connectivity index (χ3v) is 3.30. The third-order valence-electron chi connectivity index (χ3n) is 2.68. The SMILES string of the molecule is Brc1cccn2cc(CC3CC3)nc12. The van der Waals surface area contributed by atoms with Crippen molar-refractivity contribution >= 4 is 21.6 Å². The van der Waals surface area contributed by atoms with Crippen molar-refractivity contribution in [2.45, 2.75) is 19.3 Å². The highest BCUT2D eigenvalue weighted by atomic mass is 79.9. The van der Waals surface area contributed by atoms with Crippen molar-refractivity contribution in [3.8, 4) is 0 Å². The van der Waals surface area contributed by atoms with Crippen LogP contribution in [0.15, 0.2) is 29.0 Å². The molecule has 1 aliphatic carbocycles. The number of hydrogen-bond donors (Lipinski definition) is 0. The molecule has 0 radical (unpaired) electrons. The molecule has 0 spiro atoms. The van der Waals surface area contributed by atoms with E-state index < -0.39 is 0 Å². The van der Waals surface area contributed by atoms with Crippen LogP contribution >= 0.6 is 15.9 Å². The van der Waals surface area contributed by atoms with Crippen molar-refractivity contribution in [3.05, 3.63) is 34.7 Å². The lowest BCUT2D eigenvalue weighted by molar-refractivity contribution is 0.811. The first kappa shape index (κ1) is 8.48. The Morgan fingerprint density at radius 2 is 2.36 bits per heavy atom. The lowest BCUT2D eigenvalue weighted by Gasteiger charge is -1.92. The van der Waals surface area contributed by atoms with E-state index in [0.29, 0.717) is 0 Å². The first-order valence-corrected chi connectivity index (χ1v) is 5.74. The van der Waals surface area contributed by atoms with Crippen molar-refractivity contribution in [2.24, 2.45) is 5.92 Å². The van der Waals surface area contributed by atoms with E-state index in [9.17, 15) is 0 Å². The Morgan fingerprint density at radius 3 is 3.07 bits per heavy atom. The summed E-state index contributed by atoms with van der Waals surface area (Å²) in [5.74, 6) is 0.902. The van der Waals surface area contributed by atoms with Crippen LogP contribution in [0.3, 0.4) is 0 Å². The number of pyridine rings is 1. The molecule has 72 valence electrons. The van der Waals surface area contributed by atoms with Gasteiger partial charge in [-0.2, -0.15) is 0 Å². The van der Waals surface area contributed by atoms with E-state index in [1.165, 1.54) is 18.5 Å². The summed E-state index contributed by atoms with van der Waals surface area (Å²) in [6, 6.07) is 4.06. The van der Waals surface area contributed by atoms with E-state index in [4.69, 9.17) is 0 Å². The molecule has 0 saturated heterocycles. The smallest absolute Gasteiger partial charge is 0.151 e. The van der Waals surface area contributed by atoms with Gasteiger partial charge in [0.1, 0.15) is 0 Å². The minimum absolute atomic E-state index is 0.902. The first-order valence-electron chi connectivity index (χ1n) is 4.95. The second kappa shape index (κ2) is 3.09. The van der Waals surface area contributed by atoms with Crippen LogP contribution in [0.1, 0.15) is 18.5 Å². The van der Waals surface area contributed by atoms with Crippen LogP contribution < -0.4 is 0 Å². The fraction of sp³-hybridized carbons (Fsp3) is 0.364. The molecule has 1 saturated carbocycles. The zero-order valence-electron chi connectivity index (χ0n) is 7.78. The van der Waals surface area contributed by atoms with E-state index in [1.807, 2.05) is 18.3 Å². The highest BCUT2D eigenvalue weighted by Crippen LogP contribution is 2.32. The van der Waals surface area contributed by atoms with Gasteiger partial charge in [-0.1, -0.05) is 0 Å². The molecular formula is C11H11BrN2. The first-order chi connectivity index (χ1) is 6.83. The van der Waals surface area contributed by atoms with E-state index >= 15 is 0 Å². The van der Waals surface area contributed by atoms with Gasteiger partial charge in [0, 0.05) is 12.4 Å². The Labute approximate surface area is 91.1 Å². The van der Waals surface area contributed by atoms with Crippen molar-refractivity contribution in [1.29, 1.82) is 0 Å². The van der Waals surface area contributed by atoms with Crippen molar-refractivity contribution < 1.29 is 0 Å². The van der Waals surface area contributed by atoms with Crippen molar-refractivity contribution in [1.82, 2.24) is 9.38 Å². The van der Waals surface area contributed by atoms with Crippen LogP contribution in [0.5, 0.6) is 0 Å². The van der Waals surface area contributed by atoms with Gasteiger partial charge in [0.25, 0.3) is 0 Å². The van der Waals surface area contributed by atoms with Crippen molar-refractivity contribution in [2.75, 3.05) is 0 Å². The molecule has 2 nitrogen and oxygen atoms in total.